The van der Waals surface area contributed by atoms with Crippen LogP contribution in [0.1, 0.15) is 0 Å². The van der Waals surface area contributed by atoms with Crippen molar-refractivity contribution in [3.05, 3.63) is 194 Å². The molecule has 13 aromatic rings. The van der Waals surface area contributed by atoms with Gasteiger partial charge >= 0.3 is 0 Å². The highest BCUT2D eigenvalue weighted by atomic mass is 16.3. The molecule has 0 N–H and O–H groups in total. The lowest BCUT2D eigenvalue weighted by Crippen LogP contribution is -2.03. The summed E-state index contributed by atoms with van der Waals surface area (Å²) >= 11 is 0. The zero-order valence-corrected chi connectivity index (χ0v) is 31.7. The first-order chi connectivity index (χ1) is 29.3. The SMILES string of the molecule is c1ccc(-c2ccc(-c3nc(-n4c5ccc6c7ccccc7oc6c5c5c4ccc4c6ccccc6n(-c6ccc7ccccc7c6)c45)nc4ccccc34)cc2)cc1. The minimum atomic E-state index is 0.606. The Morgan fingerprint density at radius 1 is 0.390 bits per heavy atom. The number of para-hydroxylation sites is 3. The number of fused-ring (bicyclic) bond motifs is 13. The average molecular weight is 753 g/mol. The highest BCUT2D eigenvalue weighted by molar-refractivity contribution is 6.32. The Bertz CT molecular complexity index is 3830. The summed E-state index contributed by atoms with van der Waals surface area (Å²) in [6.07, 6.45) is 0. The van der Waals surface area contributed by atoms with E-state index in [1.165, 1.54) is 27.1 Å². The fraction of sp³-hybridized carbons (Fsp3) is 0. The monoisotopic (exact) mass is 752 g/mol. The standard InChI is InChI=1S/C54H32N4O/c1-2-12-33(13-3-1)35-22-24-36(25-23-35)51-43-18-6-9-19-44(43)55-54(56-51)58-46-30-28-41-39-16-7-10-20-45(39)57(38-27-26-34-14-4-5-15-37(34)32-38)52(41)49(46)50-47(58)31-29-42-40-17-8-11-21-48(40)59-53(42)50/h1-32H. The summed E-state index contributed by atoms with van der Waals surface area (Å²) in [4.78, 5) is 10.8. The average Bonchev–Trinajstić information content (AvgIpc) is 3.97. The van der Waals surface area contributed by atoms with Crippen LogP contribution in [0.2, 0.25) is 0 Å². The summed E-state index contributed by atoms with van der Waals surface area (Å²) in [7, 11) is 0. The molecule has 4 aromatic heterocycles. The molecule has 13 rings (SSSR count). The first kappa shape index (κ1) is 32.1. The van der Waals surface area contributed by atoms with Gasteiger partial charge in [0.15, 0.2) is 0 Å². The lowest BCUT2D eigenvalue weighted by atomic mass is 10.0. The third kappa shape index (κ3) is 4.67. The molecule has 0 saturated heterocycles. The summed E-state index contributed by atoms with van der Waals surface area (Å²) in [6, 6.07) is 68.9. The van der Waals surface area contributed by atoms with Crippen molar-refractivity contribution in [3.8, 4) is 34.0 Å². The number of hydrogen-bond acceptors (Lipinski definition) is 3. The van der Waals surface area contributed by atoms with Crippen LogP contribution < -0.4 is 0 Å². The molecule has 5 heteroatoms. The molecular formula is C54H32N4O. The molecule has 0 atom stereocenters. The quantitative estimate of drug-likeness (QED) is 0.180. The van der Waals surface area contributed by atoms with Crippen LogP contribution in [0.4, 0.5) is 0 Å². The fourth-order valence-corrected chi connectivity index (χ4v) is 9.45. The molecule has 0 saturated carbocycles. The van der Waals surface area contributed by atoms with Crippen LogP contribution in [-0.2, 0) is 0 Å². The minimum absolute atomic E-state index is 0.606. The highest BCUT2D eigenvalue weighted by Crippen LogP contribution is 2.46. The van der Waals surface area contributed by atoms with E-state index in [1.807, 2.05) is 12.1 Å². The van der Waals surface area contributed by atoms with Gasteiger partial charge in [0.25, 0.3) is 0 Å². The van der Waals surface area contributed by atoms with Crippen molar-refractivity contribution in [2.45, 2.75) is 0 Å². The second-order valence-corrected chi connectivity index (χ2v) is 15.3. The molecule has 0 aliphatic heterocycles. The van der Waals surface area contributed by atoms with Crippen molar-refractivity contribution in [3.63, 3.8) is 0 Å². The zero-order valence-electron chi connectivity index (χ0n) is 31.7. The van der Waals surface area contributed by atoms with E-state index in [4.69, 9.17) is 14.4 Å². The van der Waals surface area contributed by atoms with Crippen molar-refractivity contribution in [1.82, 2.24) is 19.1 Å². The molecule has 0 amide bonds. The van der Waals surface area contributed by atoms with E-state index in [9.17, 15) is 0 Å². The number of hydrogen-bond donors (Lipinski definition) is 0. The molecule has 0 aliphatic carbocycles. The number of furan rings is 1. The second kappa shape index (κ2) is 12.2. The summed E-state index contributed by atoms with van der Waals surface area (Å²) < 4.78 is 11.6. The maximum atomic E-state index is 6.90. The smallest absolute Gasteiger partial charge is 0.235 e. The lowest BCUT2D eigenvalue weighted by Gasteiger charge is -2.12. The third-order valence-electron chi connectivity index (χ3n) is 12.1. The van der Waals surface area contributed by atoms with E-state index in [0.717, 1.165) is 88.2 Å². The molecule has 0 bridgehead atoms. The molecule has 0 radical (unpaired) electrons. The van der Waals surface area contributed by atoms with Crippen molar-refractivity contribution >= 4 is 87.2 Å². The van der Waals surface area contributed by atoms with Gasteiger partial charge in [-0.3, -0.25) is 4.57 Å². The second-order valence-electron chi connectivity index (χ2n) is 15.3. The van der Waals surface area contributed by atoms with Gasteiger partial charge in [-0.1, -0.05) is 146 Å². The molecule has 0 aliphatic rings. The summed E-state index contributed by atoms with van der Waals surface area (Å²) in [5, 5.41) is 10.1. The van der Waals surface area contributed by atoms with Gasteiger partial charge in [-0.05, 0) is 70.4 Å². The first-order valence-electron chi connectivity index (χ1n) is 20.0. The first-order valence-corrected chi connectivity index (χ1v) is 20.0. The molecule has 9 aromatic carbocycles. The fourth-order valence-electron chi connectivity index (χ4n) is 9.45. The van der Waals surface area contributed by atoms with E-state index >= 15 is 0 Å². The van der Waals surface area contributed by atoms with Crippen LogP contribution in [0.3, 0.4) is 0 Å². The van der Waals surface area contributed by atoms with Crippen LogP contribution >= 0.6 is 0 Å². The van der Waals surface area contributed by atoms with Gasteiger partial charge < -0.3 is 8.98 Å². The Hall–Kier alpha value is -8.02. The number of nitrogens with zero attached hydrogens (tertiary/aromatic N) is 4. The van der Waals surface area contributed by atoms with E-state index < -0.39 is 0 Å². The predicted molar refractivity (Wildman–Crippen MR) is 244 cm³/mol. The largest absolute Gasteiger partial charge is 0.455 e. The molecule has 0 fully saturated rings. The Labute approximate surface area is 337 Å². The van der Waals surface area contributed by atoms with Crippen LogP contribution in [0.5, 0.6) is 0 Å². The Morgan fingerprint density at radius 2 is 1.05 bits per heavy atom. The maximum Gasteiger partial charge on any atom is 0.235 e. The van der Waals surface area contributed by atoms with Crippen molar-refractivity contribution in [1.29, 1.82) is 0 Å². The van der Waals surface area contributed by atoms with Crippen LogP contribution in [0, 0.1) is 0 Å². The van der Waals surface area contributed by atoms with Crippen molar-refractivity contribution in [2.24, 2.45) is 0 Å². The normalized spacial score (nSPS) is 12.1. The van der Waals surface area contributed by atoms with Gasteiger partial charge in [-0.2, -0.15) is 0 Å². The topological polar surface area (TPSA) is 48.8 Å². The van der Waals surface area contributed by atoms with Crippen molar-refractivity contribution in [2.75, 3.05) is 0 Å². The molecular weight excluding hydrogens is 721 g/mol. The maximum absolute atomic E-state index is 6.90. The van der Waals surface area contributed by atoms with E-state index in [-0.39, 0.29) is 0 Å². The molecule has 4 heterocycles. The van der Waals surface area contributed by atoms with E-state index in [2.05, 4.69) is 191 Å². The Balaban J connectivity index is 1.17. The number of rotatable bonds is 4. The Morgan fingerprint density at radius 3 is 1.92 bits per heavy atom. The molecule has 0 unspecified atom stereocenters. The highest BCUT2D eigenvalue weighted by Gasteiger charge is 2.25. The van der Waals surface area contributed by atoms with Gasteiger partial charge in [0.2, 0.25) is 5.95 Å². The predicted octanol–water partition coefficient (Wildman–Crippen LogP) is 14.2. The minimum Gasteiger partial charge on any atom is -0.455 e. The lowest BCUT2D eigenvalue weighted by molar-refractivity contribution is 0.673. The van der Waals surface area contributed by atoms with Gasteiger partial charge in [0.05, 0.1) is 38.7 Å². The molecule has 5 nitrogen and oxygen atoms in total. The van der Waals surface area contributed by atoms with Crippen LogP contribution in [0.25, 0.3) is 121 Å². The number of benzene rings is 9. The molecule has 59 heavy (non-hydrogen) atoms. The zero-order chi connectivity index (χ0) is 38.6. The van der Waals surface area contributed by atoms with Crippen LogP contribution in [0.15, 0.2) is 199 Å². The summed E-state index contributed by atoms with van der Waals surface area (Å²) in [5.74, 6) is 0.606. The third-order valence-corrected chi connectivity index (χ3v) is 12.1. The summed E-state index contributed by atoms with van der Waals surface area (Å²) in [5.41, 5.74) is 12.2. The van der Waals surface area contributed by atoms with Gasteiger partial charge in [0.1, 0.15) is 11.2 Å². The Kier molecular flexibility index (Phi) is 6.66. The van der Waals surface area contributed by atoms with Crippen LogP contribution in [-0.4, -0.2) is 19.1 Å². The van der Waals surface area contributed by atoms with E-state index in [1.54, 1.807) is 0 Å². The molecule has 0 spiro atoms. The van der Waals surface area contributed by atoms with Gasteiger partial charge in [-0.25, -0.2) is 9.97 Å². The van der Waals surface area contributed by atoms with Crippen molar-refractivity contribution < 1.29 is 4.42 Å². The van der Waals surface area contributed by atoms with E-state index in [0.29, 0.717) is 5.95 Å². The molecule has 274 valence electrons. The number of aromatic nitrogens is 4. The van der Waals surface area contributed by atoms with Gasteiger partial charge in [0, 0.05) is 43.6 Å². The summed E-state index contributed by atoms with van der Waals surface area (Å²) in [6.45, 7) is 0. The van der Waals surface area contributed by atoms with Gasteiger partial charge in [-0.15, -0.1) is 0 Å².